The Bertz CT molecular complexity index is 33.8. The van der Waals surface area contributed by atoms with Crippen LogP contribution in [0.5, 0.6) is 0 Å². The molecule has 0 amide bonds. The van der Waals surface area contributed by atoms with Crippen LogP contribution in [0.4, 0.5) is 0 Å². The van der Waals surface area contributed by atoms with Crippen molar-refractivity contribution in [3.63, 3.8) is 0 Å². The van der Waals surface area contributed by atoms with Gasteiger partial charge in [-0.15, -0.1) is 0 Å². The molecule has 4 radical (unpaired) electrons. The third-order valence-electron chi connectivity index (χ3n) is 0. The van der Waals surface area contributed by atoms with Crippen LogP contribution in [0.3, 0.4) is 0 Å². The van der Waals surface area contributed by atoms with Gasteiger partial charge in [0.25, 0.3) is 0 Å². The van der Waals surface area contributed by atoms with Gasteiger partial charge in [-0.25, -0.2) is 0 Å². The van der Waals surface area contributed by atoms with Crippen LogP contribution < -0.4 is 7.38 Å². The first-order chi connectivity index (χ1) is 1.73. The van der Waals surface area contributed by atoms with Crippen molar-refractivity contribution in [3.05, 3.63) is 7.43 Å². The van der Waals surface area contributed by atoms with E-state index >= 15 is 0 Å². The molecule has 0 atom stereocenters. The topological polar surface area (TPSA) is 63.2 Å². The van der Waals surface area contributed by atoms with Gasteiger partial charge in [0.2, 0.25) is 0 Å². The van der Waals surface area contributed by atoms with Crippen molar-refractivity contribution in [2.75, 3.05) is 0 Å². The maximum absolute atomic E-state index is 8.58. The summed E-state index contributed by atoms with van der Waals surface area (Å²) in [5.74, 6) is 0. The van der Waals surface area contributed by atoms with Crippen LogP contribution in [0.2, 0.25) is 0 Å². The molecule has 0 bridgehead atoms. The van der Waals surface area contributed by atoms with Crippen LogP contribution in [-0.4, -0.2) is 48.9 Å². The summed E-state index contributed by atoms with van der Waals surface area (Å²) in [6.07, 6.45) is 0. The molecule has 0 saturated carbocycles. The molecule has 0 aromatic rings. The van der Waals surface area contributed by atoms with Gasteiger partial charge < -0.3 is 0 Å². The zero-order valence-corrected chi connectivity index (χ0v) is 8.93. The van der Waals surface area contributed by atoms with E-state index in [1.807, 2.05) is 0 Å². The maximum atomic E-state index is 8.58. The van der Waals surface area contributed by atoms with E-state index in [0.717, 1.165) is 0 Å². The predicted molar refractivity (Wildman–Crippen MR) is 9.68 cm³/mol. The molecule has 0 heterocycles. The Hall–Kier alpha value is 2.01. The fourth-order valence-electron chi connectivity index (χ4n) is 0. The summed E-state index contributed by atoms with van der Waals surface area (Å²) in [5.41, 5.74) is 0. The van der Waals surface area contributed by atoms with Crippen molar-refractivity contribution in [1.82, 2.24) is 0 Å². The summed E-state index contributed by atoms with van der Waals surface area (Å²) >= 11 is -4.08. The van der Waals surface area contributed by atoms with Crippen LogP contribution >= 0.6 is 0 Å². The van der Waals surface area contributed by atoms with Gasteiger partial charge in [-0.05, 0) is 0 Å². The van der Waals surface area contributed by atoms with E-state index in [4.69, 9.17) is 10.7 Å². The van der Waals surface area contributed by atoms with E-state index in [1.165, 1.54) is 0 Å². The van der Waals surface area contributed by atoms with Crippen molar-refractivity contribution in [2.24, 2.45) is 0 Å². The summed E-state index contributed by atoms with van der Waals surface area (Å²) in [5, 5.41) is 0. The van der Waals surface area contributed by atoms with E-state index in [1.54, 1.807) is 0 Å². The summed E-state index contributed by atoms with van der Waals surface area (Å²) in [7, 11) is 0. The molecule has 0 aliphatic carbocycles. The molecule has 6 heavy (non-hydrogen) atoms. The summed E-state index contributed by atoms with van der Waals surface area (Å²) < 4.78 is 25.8. The Morgan fingerprint density at radius 1 is 1.33 bits per heavy atom. The van der Waals surface area contributed by atoms with Crippen molar-refractivity contribution >= 4 is 48.9 Å². The molecule has 0 aromatic carbocycles. The fraction of sp³-hybridized carbons (Fsp3) is 0. The van der Waals surface area contributed by atoms with Gasteiger partial charge in [-0.3, -0.25) is 0 Å². The Morgan fingerprint density at radius 2 is 1.33 bits per heavy atom. The summed E-state index contributed by atoms with van der Waals surface area (Å²) in [6.45, 7) is 0. The zero-order valence-electron chi connectivity index (χ0n) is 2.93. The van der Waals surface area contributed by atoms with E-state index in [9.17, 15) is 0 Å². The van der Waals surface area contributed by atoms with Crippen LogP contribution in [0, 0.1) is 7.43 Å². The first-order valence-corrected chi connectivity index (χ1v) is 2.52. The second-order valence-electron chi connectivity index (χ2n) is 0.250. The van der Waals surface area contributed by atoms with E-state index in [0.29, 0.717) is 0 Å². The molecule has 0 fully saturated rings. The van der Waals surface area contributed by atoms with E-state index in [2.05, 4.69) is 0 Å². The first-order valence-electron chi connectivity index (χ1n) is 0.612. The molecule has 0 aliphatic rings. The van der Waals surface area contributed by atoms with Crippen molar-refractivity contribution in [2.45, 2.75) is 0 Å². The Kier molecular flexibility index (Phi) is 26.4. The summed E-state index contributed by atoms with van der Waals surface area (Å²) in [4.78, 5) is 0. The van der Waals surface area contributed by atoms with Gasteiger partial charge in [-0.2, -0.15) is 0 Å². The second-order valence-corrected chi connectivity index (χ2v) is 1.03. The molecule has 0 aliphatic heterocycles. The van der Waals surface area contributed by atoms with Gasteiger partial charge in [0.15, 0.2) is 0 Å². The number of hydrogen-bond donors (Lipinski definition) is 0. The molecule has 0 saturated heterocycles. The fourth-order valence-corrected chi connectivity index (χ4v) is 0. The predicted octanol–water partition coefficient (Wildman–Crippen LogP) is -2.80. The average molecular weight is 245 g/mol. The van der Waals surface area contributed by atoms with Crippen molar-refractivity contribution < 1.29 is 29.3 Å². The third kappa shape index (κ3) is 37.4. The molecule has 0 spiro atoms. The molecular weight excluding hydrogens is 245 g/mol. The summed E-state index contributed by atoms with van der Waals surface area (Å²) in [6, 6.07) is 0. The quantitative estimate of drug-likeness (QED) is 0.433. The van der Waals surface area contributed by atoms with E-state index < -0.39 is 18.6 Å². The van der Waals surface area contributed by atoms with Gasteiger partial charge in [0.1, 0.15) is 0 Å². The minimum absolute atomic E-state index is 0. The monoisotopic (exact) mass is 246 g/mol. The van der Waals surface area contributed by atoms with Crippen LogP contribution in [-0.2, 0) is 21.9 Å². The van der Waals surface area contributed by atoms with Crippen molar-refractivity contribution in [3.8, 4) is 0 Å². The molecule has 28 valence electrons. The molecule has 0 aromatic heterocycles. The normalized spacial score (nSPS) is 4.33. The molecular formula is CBaO3Ti. The first kappa shape index (κ1) is 15.7. The second kappa shape index (κ2) is 10.1. The molecule has 3 nitrogen and oxygen atoms in total. The van der Waals surface area contributed by atoms with Crippen LogP contribution in [0.15, 0.2) is 0 Å². The Morgan fingerprint density at radius 3 is 1.33 bits per heavy atom. The standard InChI is InChI=1S/C.Ba.3O.Ti/q;+2;;2*-1;. The SMILES string of the molecule is [Ba+2].[C].[O]=[Ti]([O-])[O-]. The average Bonchev–Trinajstić information content (AvgIpc) is 0.811. The molecule has 0 N–H and O–H groups in total. The zero-order chi connectivity index (χ0) is 3.58. The molecule has 5 heteroatoms. The van der Waals surface area contributed by atoms with Gasteiger partial charge >= 0.3 is 78.2 Å². The molecule has 0 rings (SSSR count). The van der Waals surface area contributed by atoms with Gasteiger partial charge in [-0.1, -0.05) is 0 Å². The van der Waals surface area contributed by atoms with Crippen molar-refractivity contribution in [1.29, 1.82) is 0 Å². The number of rotatable bonds is 0. The van der Waals surface area contributed by atoms with Crippen LogP contribution in [0.1, 0.15) is 0 Å². The van der Waals surface area contributed by atoms with Gasteiger partial charge in [0.05, 0.1) is 0 Å². The van der Waals surface area contributed by atoms with Crippen LogP contribution in [0.25, 0.3) is 0 Å². The van der Waals surface area contributed by atoms with Gasteiger partial charge in [0, 0.05) is 7.43 Å². The third-order valence-corrected chi connectivity index (χ3v) is 0. The van der Waals surface area contributed by atoms with E-state index in [-0.39, 0.29) is 56.3 Å². The minimum atomic E-state index is -4.08. The Labute approximate surface area is 83.9 Å². The molecule has 0 unspecified atom stereocenters. The Balaban J connectivity index is -0.0000000450. The number of hydrogen-bond acceptors (Lipinski definition) is 3.